The fourth-order valence-corrected chi connectivity index (χ4v) is 2.07. The van der Waals surface area contributed by atoms with Crippen LogP contribution in [0.5, 0.6) is 0 Å². The molecule has 14 heavy (non-hydrogen) atoms. The Morgan fingerprint density at radius 3 is 2.71 bits per heavy atom. The summed E-state index contributed by atoms with van der Waals surface area (Å²) < 4.78 is 0. The molecule has 2 atom stereocenters. The first kappa shape index (κ1) is 11.9. The van der Waals surface area contributed by atoms with E-state index in [0.717, 1.165) is 39.3 Å². The molecule has 1 fully saturated rings. The molecule has 1 aliphatic heterocycles. The Morgan fingerprint density at radius 1 is 1.50 bits per heavy atom. The fourth-order valence-electron chi connectivity index (χ4n) is 2.07. The zero-order valence-corrected chi connectivity index (χ0v) is 9.32. The zero-order chi connectivity index (χ0) is 10.6. The average molecular weight is 201 g/mol. The van der Waals surface area contributed by atoms with Crippen molar-refractivity contribution in [2.24, 2.45) is 5.73 Å². The Kier molecular flexibility index (Phi) is 4.81. The van der Waals surface area contributed by atoms with Gasteiger partial charge >= 0.3 is 0 Å². The first-order chi connectivity index (χ1) is 6.63. The lowest BCUT2D eigenvalue weighted by Crippen LogP contribution is -2.54. The third-order valence-electron chi connectivity index (χ3n) is 2.79. The molecule has 1 heterocycles. The van der Waals surface area contributed by atoms with Gasteiger partial charge in [-0.15, -0.1) is 0 Å². The molecule has 0 aromatic heterocycles. The Hall–Kier alpha value is -0.160. The normalized spacial score (nSPS) is 27.9. The van der Waals surface area contributed by atoms with Crippen LogP contribution in [0.2, 0.25) is 0 Å². The van der Waals surface area contributed by atoms with Gasteiger partial charge in [0, 0.05) is 45.3 Å². The third-order valence-corrected chi connectivity index (χ3v) is 2.79. The molecule has 0 aromatic rings. The van der Waals surface area contributed by atoms with Crippen LogP contribution in [0.25, 0.3) is 0 Å². The van der Waals surface area contributed by atoms with Crippen molar-refractivity contribution in [3.63, 3.8) is 0 Å². The monoisotopic (exact) mass is 201 g/mol. The van der Waals surface area contributed by atoms with E-state index in [9.17, 15) is 5.11 Å². The van der Waals surface area contributed by atoms with Crippen LogP contribution in [0, 0.1) is 0 Å². The minimum atomic E-state index is -0.224. The van der Waals surface area contributed by atoms with E-state index in [0.29, 0.717) is 6.04 Å². The Balaban J connectivity index is 2.32. The molecular weight excluding hydrogens is 178 g/mol. The number of hydrogen-bond acceptors (Lipinski definition) is 4. The van der Waals surface area contributed by atoms with Gasteiger partial charge in [0.25, 0.3) is 0 Å². The van der Waals surface area contributed by atoms with Gasteiger partial charge in [0.15, 0.2) is 0 Å². The van der Waals surface area contributed by atoms with E-state index in [1.807, 2.05) is 6.92 Å². The molecule has 84 valence electrons. The molecule has 4 nitrogen and oxygen atoms in total. The maximum absolute atomic E-state index is 9.32. The average Bonchev–Trinajstić information content (AvgIpc) is 2.10. The van der Waals surface area contributed by atoms with Crippen LogP contribution in [0.3, 0.4) is 0 Å². The second-order valence-corrected chi connectivity index (χ2v) is 4.28. The standard InChI is InChI=1S/C10H23N3O/c1-9-7-12(4-3-11)5-6-13(9)8-10(2)14/h9-10,14H,3-8,11H2,1-2H3. The second kappa shape index (κ2) is 5.66. The van der Waals surface area contributed by atoms with Crippen molar-refractivity contribution in [1.82, 2.24) is 9.80 Å². The first-order valence-electron chi connectivity index (χ1n) is 5.48. The summed E-state index contributed by atoms with van der Waals surface area (Å²) in [4.78, 5) is 4.74. The molecule has 1 rings (SSSR count). The molecule has 0 bridgehead atoms. The Morgan fingerprint density at radius 2 is 2.21 bits per heavy atom. The molecule has 1 saturated heterocycles. The van der Waals surface area contributed by atoms with Crippen molar-refractivity contribution in [3.8, 4) is 0 Å². The number of aliphatic hydroxyl groups excluding tert-OH is 1. The van der Waals surface area contributed by atoms with E-state index >= 15 is 0 Å². The molecular formula is C10H23N3O. The van der Waals surface area contributed by atoms with Gasteiger partial charge in [-0.05, 0) is 13.8 Å². The quantitative estimate of drug-likeness (QED) is 0.633. The number of rotatable bonds is 4. The molecule has 2 unspecified atom stereocenters. The lowest BCUT2D eigenvalue weighted by atomic mass is 10.1. The topological polar surface area (TPSA) is 52.7 Å². The highest BCUT2D eigenvalue weighted by atomic mass is 16.3. The molecule has 1 aliphatic rings. The molecule has 0 spiro atoms. The van der Waals surface area contributed by atoms with E-state index in [2.05, 4.69) is 16.7 Å². The van der Waals surface area contributed by atoms with Crippen LogP contribution in [0.4, 0.5) is 0 Å². The molecule has 0 aromatic carbocycles. The second-order valence-electron chi connectivity index (χ2n) is 4.28. The number of aliphatic hydroxyl groups is 1. The van der Waals surface area contributed by atoms with Gasteiger partial charge < -0.3 is 10.8 Å². The van der Waals surface area contributed by atoms with Crippen LogP contribution in [0.15, 0.2) is 0 Å². The molecule has 4 heteroatoms. The highest BCUT2D eigenvalue weighted by Crippen LogP contribution is 2.09. The molecule has 0 saturated carbocycles. The maximum Gasteiger partial charge on any atom is 0.0639 e. The van der Waals surface area contributed by atoms with E-state index in [-0.39, 0.29) is 6.10 Å². The number of β-amino-alcohol motifs (C(OH)–C–C–N with tert-alkyl or cyclic N) is 1. The maximum atomic E-state index is 9.32. The van der Waals surface area contributed by atoms with Crippen molar-refractivity contribution in [3.05, 3.63) is 0 Å². The van der Waals surface area contributed by atoms with Crippen molar-refractivity contribution < 1.29 is 5.11 Å². The van der Waals surface area contributed by atoms with Gasteiger partial charge in [-0.2, -0.15) is 0 Å². The lowest BCUT2D eigenvalue weighted by molar-refractivity contribution is 0.0464. The first-order valence-corrected chi connectivity index (χ1v) is 5.48. The molecule has 0 radical (unpaired) electrons. The summed E-state index contributed by atoms with van der Waals surface area (Å²) in [6, 6.07) is 0.532. The van der Waals surface area contributed by atoms with Gasteiger partial charge in [-0.1, -0.05) is 0 Å². The van der Waals surface area contributed by atoms with Crippen molar-refractivity contribution in [2.45, 2.75) is 26.0 Å². The molecule has 0 amide bonds. The van der Waals surface area contributed by atoms with Crippen LogP contribution in [-0.4, -0.2) is 66.3 Å². The largest absolute Gasteiger partial charge is 0.392 e. The summed E-state index contributed by atoms with van der Waals surface area (Å²) in [5.41, 5.74) is 5.52. The molecule has 0 aliphatic carbocycles. The van der Waals surface area contributed by atoms with E-state index in [1.165, 1.54) is 0 Å². The van der Waals surface area contributed by atoms with Gasteiger partial charge in [0.2, 0.25) is 0 Å². The van der Waals surface area contributed by atoms with Crippen LogP contribution in [0.1, 0.15) is 13.8 Å². The van der Waals surface area contributed by atoms with Gasteiger partial charge in [-0.3, -0.25) is 9.80 Å². The minimum absolute atomic E-state index is 0.224. The molecule has 3 N–H and O–H groups in total. The summed E-state index contributed by atoms with van der Waals surface area (Å²) in [6.45, 7) is 9.78. The van der Waals surface area contributed by atoms with Gasteiger partial charge in [-0.25, -0.2) is 0 Å². The Bertz CT molecular complexity index is 163. The summed E-state index contributed by atoms with van der Waals surface area (Å²) >= 11 is 0. The third kappa shape index (κ3) is 3.53. The summed E-state index contributed by atoms with van der Waals surface area (Å²) in [5, 5.41) is 9.32. The lowest BCUT2D eigenvalue weighted by Gasteiger charge is -2.40. The number of nitrogens with two attached hydrogens (primary N) is 1. The van der Waals surface area contributed by atoms with Crippen molar-refractivity contribution in [2.75, 3.05) is 39.3 Å². The SMILES string of the molecule is CC(O)CN1CCN(CCN)CC1C. The smallest absolute Gasteiger partial charge is 0.0639 e. The highest BCUT2D eigenvalue weighted by Gasteiger charge is 2.23. The van der Waals surface area contributed by atoms with Crippen molar-refractivity contribution >= 4 is 0 Å². The van der Waals surface area contributed by atoms with Crippen LogP contribution < -0.4 is 5.73 Å². The minimum Gasteiger partial charge on any atom is -0.392 e. The highest BCUT2D eigenvalue weighted by molar-refractivity contribution is 4.79. The predicted molar refractivity (Wildman–Crippen MR) is 58.2 cm³/mol. The number of piperazine rings is 1. The Labute approximate surface area is 86.7 Å². The van der Waals surface area contributed by atoms with E-state index in [1.54, 1.807) is 0 Å². The van der Waals surface area contributed by atoms with Crippen LogP contribution in [-0.2, 0) is 0 Å². The van der Waals surface area contributed by atoms with Gasteiger partial charge in [0.1, 0.15) is 0 Å². The van der Waals surface area contributed by atoms with Crippen LogP contribution >= 0.6 is 0 Å². The fraction of sp³-hybridized carbons (Fsp3) is 1.00. The van der Waals surface area contributed by atoms with Crippen molar-refractivity contribution in [1.29, 1.82) is 0 Å². The number of nitrogens with zero attached hydrogens (tertiary/aromatic N) is 2. The zero-order valence-electron chi connectivity index (χ0n) is 9.32. The van der Waals surface area contributed by atoms with E-state index < -0.39 is 0 Å². The predicted octanol–water partition coefficient (Wildman–Crippen LogP) is -0.668. The van der Waals surface area contributed by atoms with Gasteiger partial charge in [0.05, 0.1) is 6.10 Å². The summed E-state index contributed by atoms with van der Waals surface area (Å²) in [6.07, 6.45) is -0.224. The van der Waals surface area contributed by atoms with E-state index in [4.69, 9.17) is 5.73 Å². The summed E-state index contributed by atoms with van der Waals surface area (Å²) in [5.74, 6) is 0. The summed E-state index contributed by atoms with van der Waals surface area (Å²) in [7, 11) is 0. The number of hydrogen-bond donors (Lipinski definition) is 2.